The molecular formula is C17H18FN. The molecule has 1 unspecified atom stereocenters. The number of hydrogen-bond acceptors (Lipinski definition) is 1. The quantitative estimate of drug-likeness (QED) is 0.761. The van der Waals surface area contributed by atoms with Crippen molar-refractivity contribution < 1.29 is 4.39 Å². The number of hydrogen-bond donors (Lipinski definition) is 1. The molecule has 0 saturated heterocycles. The first-order valence-corrected chi connectivity index (χ1v) is 6.43. The van der Waals surface area contributed by atoms with Crippen molar-refractivity contribution in [2.45, 2.75) is 19.0 Å². The van der Waals surface area contributed by atoms with Gasteiger partial charge in [-0.25, -0.2) is 4.39 Å². The van der Waals surface area contributed by atoms with Crippen molar-refractivity contribution in [2.75, 3.05) is 0 Å². The van der Waals surface area contributed by atoms with Gasteiger partial charge in [-0.3, -0.25) is 0 Å². The summed E-state index contributed by atoms with van der Waals surface area (Å²) in [5, 5.41) is 3.48. The largest absolute Gasteiger partial charge is 0.306 e. The molecule has 98 valence electrons. The smallest absolute Gasteiger partial charge is 0.123 e. The molecule has 0 aliphatic rings. The highest BCUT2D eigenvalue weighted by atomic mass is 19.1. The van der Waals surface area contributed by atoms with Gasteiger partial charge in [0.05, 0.1) is 0 Å². The molecule has 2 heteroatoms. The van der Waals surface area contributed by atoms with Crippen LogP contribution in [0.3, 0.4) is 0 Å². The predicted octanol–water partition coefficient (Wildman–Crippen LogP) is 4.23. The van der Waals surface area contributed by atoms with Gasteiger partial charge in [0.2, 0.25) is 0 Å². The van der Waals surface area contributed by atoms with Gasteiger partial charge in [0.25, 0.3) is 0 Å². The Morgan fingerprint density at radius 1 is 1.05 bits per heavy atom. The Hall–Kier alpha value is -1.93. The zero-order chi connectivity index (χ0) is 13.5. The Morgan fingerprint density at radius 2 is 1.74 bits per heavy atom. The molecule has 0 radical (unpaired) electrons. The molecule has 0 heterocycles. The molecule has 0 aliphatic carbocycles. The zero-order valence-electron chi connectivity index (χ0n) is 10.9. The second kappa shape index (κ2) is 6.86. The lowest BCUT2D eigenvalue weighted by Gasteiger charge is -2.17. The highest BCUT2D eigenvalue weighted by Gasteiger charge is 2.09. The minimum atomic E-state index is -0.204. The summed E-state index contributed by atoms with van der Waals surface area (Å²) in [5.74, 6) is -0.204. The van der Waals surface area contributed by atoms with E-state index in [1.807, 2.05) is 36.4 Å². The average Bonchev–Trinajstić information content (AvgIpc) is 2.46. The fourth-order valence-electron chi connectivity index (χ4n) is 2.04. The van der Waals surface area contributed by atoms with Crippen LogP contribution in [0.1, 0.15) is 23.6 Å². The predicted molar refractivity (Wildman–Crippen MR) is 77.2 cm³/mol. The molecule has 2 rings (SSSR count). The molecule has 0 aromatic heterocycles. The van der Waals surface area contributed by atoms with E-state index in [0.717, 1.165) is 18.5 Å². The van der Waals surface area contributed by atoms with Crippen molar-refractivity contribution >= 4 is 0 Å². The molecule has 0 fully saturated rings. The monoisotopic (exact) mass is 255 g/mol. The van der Waals surface area contributed by atoms with Gasteiger partial charge in [0.1, 0.15) is 5.82 Å². The molecular weight excluding hydrogens is 237 g/mol. The SMILES string of the molecule is C=CCC(NCc1ccccc1)c1ccc(F)cc1. The first-order chi connectivity index (χ1) is 9.29. The third kappa shape index (κ3) is 4.04. The summed E-state index contributed by atoms with van der Waals surface area (Å²) in [6.45, 7) is 4.57. The lowest BCUT2D eigenvalue weighted by Crippen LogP contribution is -2.20. The van der Waals surface area contributed by atoms with Crippen molar-refractivity contribution in [3.8, 4) is 0 Å². The van der Waals surface area contributed by atoms with Crippen LogP contribution in [0.25, 0.3) is 0 Å². The summed E-state index contributed by atoms with van der Waals surface area (Å²) in [5.41, 5.74) is 2.32. The lowest BCUT2D eigenvalue weighted by atomic mass is 10.0. The highest BCUT2D eigenvalue weighted by molar-refractivity contribution is 5.21. The number of rotatable bonds is 6. The second-order valence-corrected chi connectivity index (χ2v) is 4.50. The van der Waals surface area contributed by atoms with Crippen molar-refractivity contribution in [1.82, 2.24) is 5.32 Å². The van der Waals surface area contributed by atoms with Crippen molar-refractivity contribution in [2.24, 2.45) is 0 Å². The maximum Gasteiger partial charge on any atom is 0.123 e. The van der Waals surface area contributed by atoms with E-state index in [-0.39, 0.29) is 11.9 Å². The maximum atomic E-state index is 12.9. The summed E-state index contributed by atoms with van der Waals surface area (Å²) in [7, 11) is 0. The van der Waals surface area contributed by atoms with Crippen LogP contribution >= 0.6 is 0 Å². The van der Waals surface area contributed by atoms with Crippen LogP contribution in [0.5, 0.6) is 0 Å². The minimum Gasteiger partial charge on any atom is -0.306 e. The molecule has 2 aromatic carbocycles. The molecule has 0 amide bonds. The van der Waals surface area contributed by atoms with Crippen LogP contribution in [0.4, 0.5) is 4.39 Å². The molecule has 0 bridgehead atoms. The molecule has 1 N–H and O–H groups in total. The molecule has 1 atom stereocenters. The van der Waals surface area contributed by atoms with E-state index >= 15 is 0 Å². The van der Waals surface area contributed by atoms with Crippen LogP contribution in [0, 0.1) is 5.82 Å². The highest BCUT2D eigenvalue weighted by Crippen LogP contribution is 2.18. The standard InChI is InChI=1S/C17H18FN/c1-2-6-17(15-9-11-16(18)12-10-15)19-13-14-7-4-3-5-8-14/h2-5,7-12,17,19H,1,6,13H2. The van der Waals surface area contributed by atoms with E-state index in [1.165, 1.54) is 17.7 Å². The maximum absolute atomic E-state index is 12.9. The van der Waals surface area contributed by atoms with Crippen LogP contribution in [0.15, 0.2) is 67.3 Å². The van der Waals surface area contributed by atoms with Crippen molar-refractivity contribution in [3.05, 3.63) is 84.2 Å². The van der Waals surface area contributed by atoms with Gasteiger partial charge < -0.3 is 5.32 Å². The Bertz CT molecular complexity index is 505. The third-order valence-electron chi connectivity index (χ3n) is 3.07. The topological polar surface area (TPSA) is 12.0 Å². The number of benzene rings is 2. The van der Waals surface area contributed by atoms with Gasteiger partial charge in [-0.15, -0.1) is 6.58 Å². The Labute approximate surface area is 113 Å². The van der Waals surface area contributed by atoms with Gasteiger partial charge in [0.15, 0.2) is 0 Å². The normalized spacial score (nSPS) is 12.1. The van der Waals surface area contributed by atoms with Gasteiger partial charge in [-0.1, -0.05) is 48.5 Å². The third-order valence-corrected chi connectivity index (χ3v) is 3.07. The summed E-state index contributed by atoms with van der Waals surface area (Å²) in [6.07, 6.45) is 2.70. The average molecular weight is 255 g/mol. The van der Waals surface area contributed by atoms with Crippen LogP contribution < -0.4 is 5.32 Å². The lowest BCUT2D eigenvalue weighted by molar-refractivity contribution is 0.537. The van der Waals surface area contributed by atoms with E-state index < -0.39 is 0 Å². The second-order valence-electron chi connectivity index (χ2n) is 4.50. The van der Waals surface area contributed by atoms with E-state index in [2.05, 4.69) is 24.0 Å². The molecule has 0 aliphatic heterocycles. The fourth-order valence-corrected chi connectivity index (χ4v) is 2.04. The molecule has 19 heavy (non-hydrogen) atoms. The van der Waals surface area contributed by atoms with Gasteiger partial charge >= 0.3 is 0 Å². The fraction of sp³-hybridized carbons (Fsp3) is 0.176. The Balaban J connectivity index is 2.04. The molecule has 0 saturated carbocycles. The molecule has 1 nitrogen and oxygen atoms in total. The van der Waals surface area contributed by atoms with E-state index in [4.69, 9.17) is 0 Å². The zero-order valence-corrected chi connectivity index (χ0v) is 10.9. The summed E-state index contributed by atoms with van der Waals surface area (Å²) in [4.78, 5) is 0. The van der Waals surface area contributed by atoms with E-state index in [0.29, 0.717) is 0 Å². The Kier molecular flexibility index (Phi) is 4.87. The summed E-state index contributed by atoms with van der Waals surface area (Å²) >= 11 is 0. The first kappa shape index (κ1) is 13.5. The molecule has 2 aromatic rings. The minimum absolute atomic E-state index is 0.165. The van der Waals surface area contributed by atoms with Crippen LogP contribution in [0.2, 0.25) is 0 Å². The summed E-state index contributed by atoms with van der Waals surface area (Å²) in [6, 6.07) is 17.0. The molecule has 0 spiro atoms. The first-order valence-electron chi connectivity index (χ1n) is 6.43. The van der Waals surface area contributed by atoms with E-state index in [1.54, 1.807) is 0 Å². The van der Waals surface area contributed by atoms with Gasteiger partial charge in [-0.2, -0.15) is 0 Å². The number of nitrogens with one attached hydrogen (secondary N) is 1. The van der Waals surface area contributed by atoms with E-state index in [9.17, 15) is 4.39 Å². The van der Waals surface area contributed by atoms with Gasteiger partial charge in [0, 0.05) is 12.6 Å². The summed E-state index contributed by atoms with van der Waals surface area (Å²) < 4.78 is 12.9. The Morgan fingerprint density at radius 3 is 2.37 bits per heavy atom. The van der Waals surface area contributed by atoms with Crippen molar-refractivity contribution in [3.63, 3.8) is 0 Å². The van der Waals surface area contributed by atoms with Crippen LogP contribution in [-0.4, -0.2) is 0 Å². The van der Waals surface area contributed by atoms with Crippen molar-refractivity contribution in [1.29, 1.82) is 0 Å². The van der Waals surface area contributed by atoms with Crippen LogP contribution in [-0.2, 0) is 6.54 Å². The number of halogens is 1. The van der Waals surface area contributed by atoms with Gasteiger partial charge in [-0.05, 0) is 29.7 Å².